The van der Waals surface area contributed by atoms with Crippen molar-refractivity contribution in [3.8, 4) is 11.4 Å². The lowest BCUT2D eigenvalue weighted by Gasteiger charge is -2.00. The van der Waals surface area contributed by atoms with Crippen molar-refractivity contribution in [2.75, 3.05) is 0 Å². The number of H-pyrrole nitrogens is 1. The van der Waals surface area contributed by atoms with Gasteiger partial charge in [0.1, 0.15) is 11.6 Å². The van der Waals surface area contributed by atoms with Gasteiger partial charge in [-0.25, -0.2) is 9.37 Å². The molecule has 1 aromatic heterocycles. The third kappa shape index (κ3) is 2.08. The predicted molar refractivity (Wildman–Crippen MR) is 76.9 cm³/mol. The molecule has 3 aromatic rings. The number of benzene rings is 2. The molecule has 0 amide bonds. The van der Waals surface area contributed by atoms with Crippen molar-refractivity contribution >= 4 is 42.9 Å². The Hall–Kier alpha value is -1.20. The van der Waals surface area contributed by atoms with Gasteiger partial charge in [0.2, 0.25) is 0 Å². The number of fused-ring (bicyclic) bond motifs is 1. The molecule has 2 aromatic carbocycles. The number of nitrogens with one attached hydrogen (secondary N) is 1. The molecule has 0 fully saturated rings. The van der Waals surface area contributed by atoms with E-state index in [4.69, 9.17) is 0 Å². The summed E-state index contributed by atoms with van der Waals surface area (Å²) in [6.45, 7) is 0. The maximum Gasteiger partial charge on any atom is 0.139 e. The van der Waals surface area contributed by atoms with Crippen molar-refractivity contribution in [1.82, 2.24) is 9.97 Å². The normalized spacial score (nSPS) is 11.1. The van der Waals surface area contributed by atoms with Crippen molar-refractivity contribution in [1.29, 1.82) is 0 Å². The highest BCUT2D eigenvalue weighted by molar-refractivity contribution is 9.11. The summed E-state index contributed by atoms with van der Waals surface area (Å²) in [5.74, 6) is 0.447. The molecule has 5 heteroatoms. The number of aromatic nitrogens is 2. The molecule has 0 atom stereocenters. The molecule has 90 valence electrons. The van der Waals surface area contributed by atoms with Crippen LogP contribution < -0.4 is 0 Å². The summed E-state index contributed by atoms with van der Waals surface area (Å²) in [6, 6.07) is 10.3. The minimum Gasteiger partial charge on any atom is -0.338 e. The standard InChI is InChI=1S/C13H7Br2FN2/c14-7-1-3-9(10(15)5-7)13-17-11-4-2-8(16)6-12(11)18-13/h1-6H,(H,17,18). The maximum atomic E-state index is 13.1. The summed E-state index contributed by atoms with van der Waals surface area (Å²) in [6.07, 6.45) is 0. The number of nitrogens with zero attached hydrogens (tertiary/aromatic N) is 1. The van der Waals surface area contributed by atoms with Gasteiger partial charge in [-0.05, 0) is 52.3 Å². The summed E-state index contributed by atoms with van der Waals surface area (Å²) in [5, 5.41) is 0. The Morgan fingerprint density at radius 2 is 1.89 bits per heavy atom. The predicted octanol–water partition coefficient (Wildman–Crippen LogP) is 4.89. The largest absolute Gasteiger partial charge is 0.338 e. The molecule has 1 heterocycles. The lowest BCUT2D eigenvalue weighted by Crippen LogP contribution is -1.82. The highest BCUT2D eigenvalue weighted by Gasteiger charge is 2.09. The van der Waals surface area contributed by atoms with Crippen molar-refractivity contribution in [3.63, 3.8) is 0 Å². The van der Waals surface area contributed by atoms with Crippen LogP contribution in [0.4, 0.5) is 4.39 Å². The van der Waals surface area contributed by atoms with Gasteiger partial charge in [0.15, 0.2) is 0 Å². The molecule has 0 spiro atoms. The number of aromatic amines is 1. The van der Waals surface area contributed by atoms with E-state index in [2.05, 4.69) is 41.8 Å². The Labute approximate surface area is 119 Å². The summed E-state index contributed by atoms with van der Waals surface area (Å²) in [5.41, 5.74) is 2.39. The third-order valence-corrected chi connectivity index (χ3v) is 3.78. The van der Waals surface area contributed by atoms with Gasteiger partial charge in [-0.3, -0.25) is 0 Å². The van der Waals surface area contributed by atoms with Crippen molar-refractivity contribution in [2.45, 2.75) is 0 Å². The molecule has 0 aliphatic rings. The van der Waals surface area contributed by atoms with Crippen LogP contribution in [0.2, 0.25) is 0 Å². The number of imidazole rings is 1. The lowest BCUT2D eigenvalue weighted by atomic mass is 10.2. The fraction of sp³-hybridized carbons (Fsp3) is 0. The van der Waals surface area contributed by atoms with Gasteiger partial charge >= 0.3 is 0 Å². The Morgan fingerprint density at radius 1 is 1.06 bits per heavy atom. The van der Waals surface area contributed by atoms with E-state index in [1.54, 1.807) is 6.07 Å². The van der Waals surface area contributed by atoms with Crippen molar-refractivity contribution < 1.29 is 4.39 Å². The molecular weight excluding hydrogens is 363 g/mol. The smallest absolute Gasteiger partial charge is 0.139 e. The first kappa shape index (κ1) is 11.9. The molecule has 18 heavy (non-hydrogen) atoms. The van der Waals surface area contributed by atoms with Crippen LogP contribution in [0.3, 0.4) is 0 Å². The fourth-order valence-electron chi connectivity index (χ4n) is 1.79. The minimum atomic E-state index is -0.271. The van der Waals surface area contributed by atoms with Gasteiger partial charge in [-0.1, -0.05) is 15.9 Å². The van der Waals surface area contributed by atoms with E-state index in [1.807, 2.05) is 18.2 Å². The average molecular weight is 370 g/mol. The highest BCUT2D eigenvalue weighted by atomic mass is 79.9. The highest BCUT2D eigenvalue weighted by Crippen LogP contribution is 2.30. The van der Waals surface area contributed by atoms with E-state index in [9.17, 15) is 4.39 Å². The third-order valence-electron chi connectivity index (χ3n) is 2.63. The van der Waals surface area contributed by atoms with Gasteiger partial charge in [0.05, 0.1) is 11.0 Å². The fourth-order valence-corrected chi connectivity index (χ4v) is 3.03. The van der Waals surface area contributed by atoms with E-state index in [-0.39, 0.29) is 5.82 Å². The van der Waals surface area contributed by atoms with Gasteiger partial charge in [-0.2, -0.15) is 0 Å². The number of halogens is 3. The van der Waals surface area contributed by atoms with Crippen LogP contribution in [0.5, 0.6) is 0 Å². The Balaban J connectivity index is 2.19. The first-order valence-electron chi connectivity index (χ1n) is 5.24. The van der Waals surface area contributed by atoms with Crippen LogP contribution in [-0.2, 0) is 0 Å². The number of rotatable bonds is 1. The molecule has 0 radical (unpaired) electrons. The molecule has 1 N–H and O–H groups in total. The molecule has 0 saturated heterocycles. The van der Waals surface area contributed by atoms with Crippen LogP contribution >= 0.6 is 31.9 Å². The van der Waals surface area contributed by atoms with Crippen LogP contribution in [0, 0.1) is 5.82 Å². The zero-order chi connectivity index (χ0) is 12.7. The SMILES string of the molecule is Fc1ccc2nc(-c3ccc(Br)cc3Br)[nH]c2c1. The lowest BCUT2D eigenvalue weighted by molar-refractivity contribution is 0.629. The maximum absolute atomic E-state index is 13.1. The van der Waals surface area contributed by atoms with Gasteiger partial charge in [0, 0.05) is 14.5 Å². The molecular formula is C13H7Br2FN2. The second-order valence-electron chi connectivity index (χ2n) is 3.87. The monoisotopic (exact) mass is 368 g/mol. The van der Waals surface area contributed by atoms with E-state index >= 15 is 0 Å². The van der Waals surface area contributed by atoms with Crippen LogP contribution in [0.1, 0.15) is 0 Å². The molecule has 3 rings (SSSR count). The summed E-state index contributed by atoms with van der Waals surface area (Å²) < 4.78 is 15.0. The van der Waals surface area contributed by atoms with E-state index in [1.165, 1.54) is 12.1 Å². The molecule has 0 bridgehead atoms. The molecule has 0 aliphatic heterocycles. The zero-order valence-electron chi connectivity index (χ0n) is 9.05. The second kappa shape index (κ2) is 4.48. The first-order chi connectivity index (χ1) is 8.63. The first-order valence-corrected chi connectivity index (χ1v) is 6.83. The summed E-state index contributed by atoms with van der Waals surface area (Å²) in [4.78, 5) is 7.56. The van der Waals surface area contributed by atoms with Gasteiger partial charge in [0.25, 0.3) is 0 Å². The minimum absolute atomic E-state index is 0.271. The van der Waals surface area contributed by atoms with E-state index < -0.39 is 0 Å². The van der Waals surface area contributed by atoms with Crippen LogP contribution in [-0.4, -0.2) is 9.97 Å². The Kier molecular flexibility index (Phi) is 2.95. The Bertz CT molecular complexity index is 737. The average Bonchev–Trinajstić information content (AvgIpc) is 2.71. The topological polar surface area (TPSA) is 28.7 Å². The summed E-state index contributed by atoms with van der Waals surface area (Å²) in [7, 11) is 0. The molecule has 0 saturated carbocycles. The zero-order valence-corrected chi connectivity index (χ0v) is 12.2. The Morgan fingerprint density at radius 3 is 2.67 bits per heavy atom. The molecule has 2 nitrogen and oxygen atoms in total. The number of hydrogen-bond acceptors (Lipinski definition) is 1. The van der Waals surface area contributed by atoms with Crippen molar-refractivity contribution in [3.05, 3.63) is 51.2 Å². The van der Waals surface area contributed by atoms with Gasteiger partial charge in [-0.15, -0.1) is 0 Å². The van der Waals surface area contributed by atoms with Crippen molar-refractivity contribution in [2.24, 2.45) is 0 Å². The van der Waals surface area contributed by atoms with Crippen LogP contribution in [0.25, 0.3) is 22.4 Å². The van der Waals surface area contributed by atoms with E-state index in [0.717, 1.165) is 25.8 Å². The van der Waals surface area contributed by atoms with Crippen LogP contribution in [0.15, 0.2) is 45.3 Å². The summed E-state index contributed by atoms with van der Waals surface area (Å²) >= 11 is 6.89. The number of hydrogen-bond donors (Lipinski definition) is 1. The molecule has 0 unspecified atom stereocenters. The molecule has 0 aliphatic carbocycles. The quantitative estimate of drug-likeness (QED) is 0.649. The second-order valence-corrected chi connectivity index (χ2v) is 5.64. The van der Waals surface area contributed by atoms with Gasteiger partial charge < -0.3 is 4.98 Å². The van der Waals surface area contributed by atoms with E-state index in [0.29, 0.717) is 5.52 Å².